The molecule has 0 spiro atoms. The maximum Gasteiger partial charge on any atom is 0.187 e. The summed E-state index contributed by atoms with van der Waals surface area (Å²) < 4.78 is 60.7. The van der Waals surface area contributed by atoms with Gasteiger partial charge < -0.3 is 154 Å². The third-order valence-electron chi connectivity index (χ3n) is 12.4. The van der Waals surface area contributed by atoms with Crippen LogP contribution in [0.25, 0.3) is 0 Å². The Labute approximate surface area is 378 Å². The van der Waals surface area contributed by atoms with Crippen molar-refractivity contribution in [2.75, 3.05) is 39.6 Å². The number of hydrogen-bond donors (Lipinski definition) is 20. The summed E-state index contributed by atoms with van der Waals surface area (Å²) in [6.45, 7) is -5.81. The Morgan fingerprint density at radius 1 is 0.224 bits per heavy atom. The zero-order valence-electron chi connectivity index (χ0n) is 35.0. The molecule has 31 heteroatoms. The Bertz CT molecular complexity index is 1510. The first-order chi connectivity index (χ1) is 31.8. The van der Waals surface area contributed by atoms with Crippen LogP contribution < -0.4 is 0 Å². The summed E-state index contributed by atoms with van der Waals surface area (Å²) in [5.41, 5.74) is 0. The minimum Gasteiger partial charge on any atom is -0.394 e. The second-order valence-electron chi connectivity index (χ2n) is 16.8. The zero-order chi connectivity index (χ0) is 49.3. The first-order valence-corrected chi connectivity index (χ1v) is 21.1. The largest absolute Gasteiger partial charge is 0.394 e. The minimum atomic E-state index is -2.25. The Balaban J connectivity index is 1.18. The van der Waals surface area contributed by atoms with Gasteiger partial charge in [-0.2, -0.15) is 0 Å². The molecule has 0 aromatic rings. The Morgan fingerprint density at radius 2 is 0.478 bits per heavy atom. The minimum absolute atomic E-state index is 0.875. The second-order valence-corrected chi connectivity index (χ2v) is 16.8. The highest BCUT2D eigenvalue weighted by Crippen LogP contribution is 2.37. The molecule has 0 unspecified atom stereocenters. The molecule has 6 aliphatic heterocycles. The van der Waals surface area contributed by atoms with E-state index in [1.165, 1.54) is 0 Å². The summed E-state index contributed by atoms with van der Waals surface area (Å²) in [5, 5.41) is 211. The van der Waals surface area contributed by atoms with Gasteiger partial charge in [-0.05, 0) is 0 Å². The van der Waals surface area contributed by atoms with Crippen molar-refractivity contribution in [2.24, 2.45) is 0 Å². The van der Waals surface area contributed by atoms with Gasteiger partial charge in [0.15, 0.2) is 37.7 Å². The molecule has 0 aliphatic carbocycles. The fourth-order valence-corrected chi connectivity index (χ4v) is 8.49. The predicted octanol–water partition coefficient (Wildman–Crippen LogP) is -14.1. The van der Waals surface area contributed by atoms with Crippen molar-refractivity contribution >= 4 is 0 Å². The van der Waals surface area contributed by atoms with Gasteiger partial charge in [-0.3, -0.25) is 0 Å². The molecule has 0 aromatic carbocycles. The van der Waals surface area contributed by atoms with E-state index in [9.17, 15) is 102 Å². The van der Waals surface area contributed by atoms with Crippen molar-refractivity contribution in [3.63, 3.8) is 0 Å². The average molecular weight is 991 g/mol. The Kier molecular flexibility index (Phi) is 19.4. The number of aliphatic hydroxyl groups excluding tert-OH is 20. The molecule has 0 saturated carbocycles. The van der Waals surface area contributed by atoms with Crippen LogP contribution in [0.1, 0.15) is 0 Å². The zero-order valence-corrected chi connectivity index (χ0v) is 35.0. The van der Waals surface area contributed by atoms with Gasteiger partial charge in [0.05, 0.1) is 39.6 Å². The van der Waals surface area contributed by atoms with Crippen LogP contribution in [0, 0.1) is 0 Å². The number of aliphatic hydroxyl groups is 20. The summed E-state index contributed by atoms with van der Waals surface area (Å²) in [5.74, 6) is 0. The van der Waals surface area contributed by atoms with E-state index in [0.717, 1.165) is 0 Å². The van der Waals surface area contributed by atoms with Gasteiger partial charge in [0.25, 0.3) is 0 Å². The molecule has 0 amide bonds. The summed E-state index contributed by atoms with van der Waals surface area (Å²) in [6, 6.07) is 0. The lowest BCUT2D eigenvalue weighted by Gasteiger charge is -2.50. The standard InChI is InChI=1S/C36H62O31/c37-1-7-13(43)18(48)21(51)32(58-7)64-27-14(44)9(3-39)60-34(23(27)53)66-29-16(46)11(5-41)62-36(25(29)55)67-30-17(47)10(4-40)61-35(24(30)54)65-28-15(45)8(2-38)59-33(22(28)52)63-26-12(6-42)57-31(56)20(50)19(26)49/h7-56H,1-6H2/t7-,8-,9-,10-,11-,12-,13+,14+,15+,16+,17+,18+,19-,20-,21-,22-,23-,24-,25-,26-,27+,28+,29+,30+,31-,32+,33+,34+,35+,36+/m1/s1. The van der Waals surface area contributed by atoms with Crippen LogP contribution in [-0.2, 0) is 52.1 Å². The lowest BCUT2D eigenvalue weighted by molar-refractivity contribution is -0.398. The third-order valence-corrected chi connectivity index (χ3v) is 12.4. The SMILES string of the molecule is OC[C@H]1O[C@@H](O[C@H]2[C@@H](O)[C@@H](CO)O[C@@H](O[C@H]3[C@@H](O)[C@@H](CO)O[C@@H](O[C@H]4[C@@H](O)[C@@H](CO)O[C@@H](O[C@H]5[C@@H](O)[C@@H](CO)O[C@@H](O[C@H]6[C@H](O)[C@@H](O)[C@H](O)O[C@@H]6CO)[C@@H]5O)[C@@H]4O)[C@@H]3O)[C@@H]2O)[C@H](O)[C@@H](O)[C@H]1O. The topological polar surface area (TPSA) is 506 Å². The van der Waals surface area contributed by atoms with E-state index in [1.807, 2.05) is 0 Å². The van der Waals surface area contributed by atoms with Crippen molar-refractivity contribution in [3.05, 3.63) is 0 Å². The Hall–Kier alpha value is -1.24. The van der Waals surface area contributed by atoms with Crippen LogP contribution in [0.3, 0.4) is 0 Å². The third kappa shape index (κ3) is 11.2. The van der Waals surface area contributed by atoms with Crippen LogP contribution in [0.15, 0.2) is 0 Å². The van der Waals surface area contributed by atoms with E-state index in [4.69, 9.17) is 52.1 Å². The molecule has 0 radical (unpaired) electrons. The van der Waals surface area contributed by atoms with Crippen LogP contribution in [-0.4, -0.2) is 326 Å². The van der Waals surface area contributed by atoms with Crippen LogP contribution in [0.4, 0.5) is 0 Å². The predicted molar refractivity (Wildman–Crippen MR) is 199 cm³/mol. The van der Waals surface area contributed by atoms with E-state index in [2.05, 4.69) is 0 Å². The average Bonchev–Trinajstić information content (AvgIpc) is 3.31. The van der Waals surface area contributed by atoms with E-state index >= 15 is 0 Å². The highest BCUT2D eigenvalue weighted by Gasteiger charge is 2.58. The maximum atomic E-state index is 11.5. The van der Waals surface area contributed by atoms with Gasteiger partial charge >= 0.3 is 0 Å². The monoisotopic (exact) mass is 990 g/mol. The number of ether oxygens (including phenoxy) is 11. The Morgan fingerprint density at radius 3 is 0.761 bits per heavy atom. The van der Waals surface area contributed by atoms with E-state index < -0.39 is 224 Å². The highest BCUT2D eigenvalue weighted by atomic mass is 16.8. The molecule has 31 nitrogen and oxygen atoms in total. The van der Waals surface area contributed by atoms with Crippen molar-refractivity contribution in [1.82, 2.24) is 0 Å². The lowest BCUT2D eigenvalue weighted by Crippen LogP contribution is -2.68. The first kappa shape index (κ1) is 55.1. The molecule has 6 saturated heterocycles. The van der Waals surface area contributed by atoms with Crippen molar-refractivity contribution < 1.29 is 154 Å². The smallest absolute Gasteiger partial charge is 0.187 e. The van der Waals surface area contributed by atoms with Crippen molar-refractivity contribution in [3.8, 4) is 0 Å². The van der Waals surface area contributed by atoms with E-state index in [-0.39, 0.29) is 0 Å². The summed E-state index contributed by atoms with van der Waals surface area (Å²) in [6.07, 6.45) is -58.4. The molecule has 0 aromatic heterocycles. The molecule has 6 fully saturated rings. The molecule has 0 bridgehead atoms. The molecular weight excluding hydrogens is 928 g/mol. The molecule has 20 N–H and O–H groups in total. The molecule has 6 aliphatic rings. The van der Waals surface area contributed by atoms with Crippen molar-refractivity contribution in [1.29, 1.82) is 0 Å². The van der Waals surface area contributed by atoms with Crippen LogP contribution in [0.5, 0.6) is 0 Å². The molecule has 30 atom stereocenters. The summed E-state index contributed by atoms with van der Waals surface area (Å²) in [7, 11) is 0. The summed E-state index contributed by atoms with van der Waals surface area (Å²) in [4.78, 5) is 0. The molecule has 6 rings (SSSR count). The van der Waals surface area contributed by atoms with Gasteiger partial charge in [0.2, 0.25) is 0 Å². The van der Waals surface area contributed by atoms with Gasteiger partial charge in [-0.25, -0.2) is 0 Å². The van der Waals surface area contributed by atoms with Crippen LogP contribution in [0.2, 0.25) is 0 Å². The maximum absolute atomic E-state index is 11.5. The van der Waals surface area contributed by atoms with Gasteiger partial charge in [-0.1, -0.05) is 0 Å². The van der Waals surface area contributed by atoms with E-state index in [0.29, 0.717) is 0 Å². The molecular formula is C36H62O31. The van der Waals surface area contributed by atoms with Gasteiger partial charge in [0, 0.05) is 0 Å². The lowest BCUT2D eigenvalue weighted by atomic mass is 9.95. The second kappa shape index (κ2) is 23.5. The van der Waals surface area contributed by atoms with Crippen LogP contribution >= 0.6 is 0 Å². The van der Waals surface area contributed by atoms with Gasteiger partial charge in [-0.15, -0.1) is 0 Å². The molecule has 392 valence electrons. The van der Waals surface area contributed by atoms with Gasteiger partial charge in [0.1, 0.15) is 146 Å². The first-order valence-electron chi connectivity index (χ1n) is 21.1. The number of rotatable bonds is 16. The molecule has 67 heavy (non-hydrogen) atoms. The summed E-state index contributed by atoms with van der Waals surface area (Å²) >= 11 is 0. The highest BCUT2D eigenvalue weighted by molar-refractivity contribution is 5.00. The quantitative estimate of drug-likeness (QED) is 0.0683. The number of hydrogen-bond acceptors (Lipinski definition) is 31. The normalized spacial score (nSPS) is 53.4. The fraction of sp³-hybridized carbons (Fsp3) is 1.00. The van der Waals surface area contributed by atoms with E-state index in [1.54, 1.807) is 0 Å². The molecule has 6 heterocycles. The van der Waals surface area contributed by atoms with Crippen molar-refractivity contribution in [2.45, 2.75) is 184 Å². The fourth-order valence-electron chi connectivity index (χ4n) is 8.49.